The van der Waals surface area contributed by atoms with Crippen molar-refractivity contribution >= 4 is 33.2 Å². The maximum Gasteiger partial charge on any atom is 0.265 e. The number of hydrogen-bond donors (Lipinski definition) is 2. The molecule has 0 spiro atoms. The first-order chi connectivity index (χ1) is 14.5. The summed E-state index contributed by atoms with van der Waals surface area (Å²) in [6, 6.07) is 8.58. The Balaban J connectivity index is 1.80. The van der Waals surface area contributed by atoms with Gasteiger partial charge in [0.2, 0.25) is 15.9 Å². The lowest BCUT2D eigenvalue weighted by Crippen LogP contribution is -2.37. The largest absolute Gasteiger partial charge is 0.478 e. The van der Waals surface area contributed by atoms with E-state index in [9.17, 15) is 18.0 Å². The number of sulfonamides is 1. The number of hydrogen-bond acceptors (Lipinski definition) is 5. The third-order valence-corrected chi connectivity index (χ3v) is 7.12. The second-order valence-electron chi connectivity index (χ2n) is 7.75. The standard InChI is InChI=1S/C22H27N3O5S/c1-6-18-22(27)24-17-10-15(4)20(11-19(17)30-18)31(28,29)25(5)12-21(26)23-16-8-7-13(2)9-14(16)3/h7-11,18H,6,12H2,1-5H3,(H,23,26)(H,24,27)/t18-/m1/s1. The SMILES string of the molecule is CC[C@H]1Oc2cc(S(=O)(=O)N(C)CC(=O)Nc3ccc(C)cc3C)c(C)cc2NC1=O. The van der Waals surface area contributed by atoms with Crippen molar-refractivity contribution in [2.75, 3.05) is 24.2 Å². The molecule has 1 aliphatic heterocycles. The summed E-state index contributed by atoms with van der Waals surface area (Å²) >= 11 is 0. The third-order valence-electron chi connectivity index (χ3n) is 5.18. The fourth-order valence-electron chi connectivity index (χ4n) is 3.43. The first-order valence-corrected chi connectivity index (χ1v) is 11.4. The van der Waals surface area contributed by atoms with Crippen LogP contribution in [0.1, 0.15) is 30.0 Å². The summed E-state index contributed by atoms with van der Waals surface area (Å²) in [5, 5.41) is 5.50. The second-order valence-corrected chi connectivity index (χ2v) is 9.76. The van der Waals surface area contributed by atoms with Crippen LogP contribution in [0.5, 0.6) is 5.75 Å². The van der Waals surface area contributed by atoms with Gasteiger partial charge in [0.25, 0.3) is 5.91 Å². The maximum atomic E-state index is 13.2. The molecule has 166 valence electrons. The van der Waals surface area contributed by atoms with E-state index in [1.165, 1.54) is 13.1 Å². The van der Waals surface area contributed by atoms with Crippen LogP contribution < -0.4 is 15.4 Å². The molecule has 1 heterocycles. The number of ether oxygens (including phenoxy) is 1. The van der Waals surface area contributed by atoms with Crippen molar-refractivity contribution in [1.29, 1.82) is 0 Å². The lowest BCUT2D eigenvalue weighted by Gasteiger charge is -2.27. The van der Waals surface area contributed by atoms with E-state index in [1.807, 2.05) is 32.9 Å². The van der Waals surface area contributed by atoms with E-state index >= 15 is 0 Å². The summed E-state index contributed by atoms with van der Waals surface area (Å²) in [5.41, 5.74) is 3.48. The van der Waals surface area contributed by atoms with Crippen LogP contribution >= 0.6 is 0 Å². The molecule has 1 atom stereocenters. The van der Waals surface area contributed by atoms with Crippen LogP contribution in [0.2, 0.25) is 0 Å². The number of rotatable bonds is 6. The molecule has 0 radical (unpaired) electrons. The van der Waals surface area contributed by atoms with Crippen LogP contribution in [0.15, 0.2) is 35.2 Å². The normalized spacial score (nSPS) is 15.8. The zero-order valence-corrected chi connectivity index (χ0v) is 19.1. The summed E-state index contributed by atoms with van der Waals surface area (Å²) in [4.78, 5) is 24.5. The molecule has 0 saturated heterocycles. The number of fused-ring (bicyclic) bond motifs is 1. The molecule has 3 rings (SSSR count). The first-order valence-electron chi connectivity index (χ1n) is 9.98. The fourth-order valence-corrected chi connectivity index (χ4v) is 4.77. The van der Waals surface area contributed by atoms with Crippen LogP contribution in [-0.2, 0) is 19.6 Å². The minimum absolute atomic E-state index is 0.0269. The predicted molar refractivity (Wildman–Crippen MR) is 119 cm³/mol. The molecule has 31 heavy (non-hydrogen) atoms. The summed E-state index contributed by atoms with van der Waals surface area (Å²) in [7, 11) is -2.61. The monoisotopic (exact) mass is 445 g/mol. The van der Waals surface area contributed by atoms with Gasteiger partial charge in [0.05, 0.1) is 17.1 Å². The maximum absolute atomic E-state index is 13.2. The Morgan fingerprint density at radius 1 is 1.16 bits per heavy atom. The summed E-state index contributed by atoms with van der Waals surface area (Å²) in [6.45, 7) is 6.93. The molecule has 0 unspecified atom stereocenters. The molecular weight excluding hydrogens is 418 g/mol. The zero-order valence-electron chi connectivity index (χ0n) is 18.3. The van der Waals surface area contributed by atoms with Gasteiger partial charge in [-0.2, -0.15) is 4.31 Å². The Morgan fingerprint density at radius 3 is 2.52 bits per heavy atom. The Morgan fingerprint density at radius 2 is 1.87 bits per heavy atom. The molecule has 0 bridgehead atoms. The fraction of sp³-hybridized carbons (Fsp3) is 0.364. The van der Waals surface area contributed by atoms with E-state index in [1.54, 1.807) is 19.1 Å². The van der Waals surface area contributed by atoms with Crippen molar-refractivity contribution in [2.45, 2.75) is 45.1 Å². The smallest absolute Gasteiger partial charge is 0.265 e. The van der Waals surface area contributed by atoms with Crippen molar-refractivity contribution in [3.63, 3.8) is 0 Å². The molecular formula is C22H27N3O5S. The quantitative estimate of drug-likeness (QED) is 0.711. The van der Waals surface area contributed by atoms with Crippen molar-refractivity contribution in [3.8, 4) is 5.75 Å². The van der Waals surface area contributed by atoms with E-state index in [0.29, 0.717) is 29.1 Å². The highest BCUT2D eigenvalue weighted by Crippen LogP contribution is 2.35. The number of likely N-dealkylation sites (N-methyl/N-ethyl adjacent to an activating group) is 1. The molecule has 0 aromatic heterocycles. The van der Waals surface area contributed by atoms with Gasteiger partial charge in [-0.3, -0.25) is 9.59 Å². The third kappa shape index (κ3) is 4.72. The lowest BCUT2D eigenvalue weighted by molar-refractivity contribution is -0.123. The number of carbonyl (C=O) groups is 2. The van der Waals surface area contributed by atoms with Gasteiger partial charge in [-0.25, -0.2) is 8.42 Å². The molecule has 8 nitrogen and oxygen atoms in total. The van der Waals surface area contributed by atoms with Gasteiger partial charge in [-0.15, -0.1) is 0 Å². The van der Waals surface area contributed by atoms with Gasteiger partial charge in [0.15, 0.2) is 6.10 Å². The number of amides is 2. The molecule has 2 aromatic carbocycles. The number of nitrogens with one attached hydrogen (secondary N) is 2. The van der Waals surface area contributed by atoms with Crippen molar-refractivity contribution in [3.05, 3.63) is 47.0 Å². The summed E-state index contributed by atoms with van der Waals surface area (Å²) in [5.74, 6) is -0.405. The molecule has 0 saturated carbocycles. The topological polar surface area (TPSA) is 105 Å². The summed E-state index contributed by atoms with van der Waals surface area (Å²) in [6.07, 6.45) is -0.216. The van der Waals surface area contributed by atoms with Gasteiger partial charge >= 0.3 is 0 Å². The summed E-state index contributed by atoms with van der Waals surface area (Å²) < 4.78 is 33.0. The van der Waals surface area contributed by atoms with Crippen LogP contribution in [0.4, 0.5) is 11.4 Å². The number of nitrogens with zero attached hydrogens (tertiary/aromatic N) is 1. The highest BCUT2D eigenvalue weighted by molar-refractivity contribution is 7.89. The number of benzene rings is 2. The van der Waals surface area contributed by atoms with Gasteiger partial charge in [0, 0.05) is 18.8 Å². The number of aryl methyl sites for hydroxylation is 3. The van der Waals surface area contributed by atoms with E-state index in [0.717, 1.165) is 15.4 Å². The van der Waals surface area contributed by atoms with E-state index in [2.05, 4.69) is 10.6 Å². The van der Waals surface area contributed by atoms with E-state index in [4.69, 9.17) is 4.74 Å². The van der Waals surface area contributed by atoms with Crippen LogP contribution in [0, 0.1) is 20.8 Å². The molecule has 0 fully saturated rings. The van der Waals surface area contributed by atoms with E-state index < -0.39 is 22.0 Å². The molecule has 9 heteroatoms. The number of anilines is 2. The molecule has 2 N–H and O–H groups in total. The van der Waals surface area contributed by atoms with Gasteiger partial charge < -0.3 is 15.4 Å². The van der Waals surface area contributed by atoms with Crippen molar-refractivity contribution < 1.29 is 22.7 Å². The number of carbonyl (C=O) groups excluding carboxylic acids is 2. The molecule has 0 aliphatic carbocycles. The van der Waals surface area contributed by atoms with Crippen LogP contribution in [0.3, 0.4) is 0 Å². The molecule has 2 aromatic rings. The molecule has 2 amide bonds. The minimum Gasteiger partial charge on any atom is -0.478 e. The first kappa shape index (κ1) is 22.8. The Kier molecular flexibility index (Phi) is 6.38. The highest BCUT2D eigenvalue weighted by atomic mass is 32.2. The molecule has 1 aliphatic rings. The minimum atomic E-state index is -3.97. The lowest BCUT2D eigenvalue weighted by atomic mass is 10.1. The van der Waals surface area contributed by atoms with Gasteiger partial charge in [-0.05, 0) is 50.5 Å². The Labute approximate surface area is 182 Å². The van der Waals surface area contributed by atoms with Gasteiger partial charge in [-0.1, -0.05) is 24.6 Å². The van der Waals surface area contributed by atoms with E-state index in [-0.39, 0.29) is 17.3 Å². The van der Waals surface area contributed by atoms with Crippen molar-refractivity contribution in [2.24, 2.45) is 0 Å². The average molecular weight is 446 g/mol. The average Bonchev–Trinajstić information content (AvgIpc) is 2.69. The van der Waals surface area contributed by atoms with Gasteiger partial charge in [0.1, 0.15) is 5.75 Å². The zero-order chi connectivity index (χ0) is 22.9. The Hall–Kier alpha value is -2.91. The van der Waals surface area contributed by atoms with Crippen molar-refractivity contribution in [1.82, 2.24) is 4.31 Å². The van der Waals surface area contributed by atoms with Crippen LogP contribution in [0.25, 0.3) is 0 Å². The second kappa shape index (κ2) is 8.68. The highest BCUT2D eigenvalue weighted by Gasteiger charge is 2.31. The predicted octanol–water partition coefficient (Wildman–Crippen LogP) is 2.98. The Bertz CT molecular complexity index is 1140. The van der Waals surface area contributed by atoms with Crippen LogP contribution in [-0.4, -0.2) is 44.2 Å².